The average molecular weight is 366 g/mol. The van der Waals surface area contributed by atoms with Gasteiger partial charge in [0.1, 0.15) is 0 Å². The number of aliphatic hydroxyl groups is 1. The molecule has 2 rings (SSSR count). The number of hydrogen-bond donors (Lipinski definition) is 3. The Morgan fingerprint density at radius 2 is 1.72 bits per heavy atom. The normalized spacial score (nSPS) is 12.3. The Morgan fingerprint density at radius 3 is 2.36 bits per heavy atom. The number of hydrogen-bond acceptors (Lipinski definition) is 6. The number of benzene rings is 2. The van der Waals surface area contributed by atoms with Crippen molar-refractivity contribution in [3.05, 3.63) is 48.0 Å². The molecule has 3 N–H and O–H groups in total. The summed E-state index contributed by atoms with van der Waals surface area (Å²) in [4.78, 5) is 0. The Morgan fingerprint density at radius 1 is 1.04 bits per heavy atom. The van der Waals surface area contributed by atoms with E-state index >= 15 is 0 Å². The van der Waals surface area contributed by atoms with E-state index in [-0.39, 0.29) is 6.54 Å². The van der Waals surface area contributed by atoms with Crippen molar-refractivity contribution in [2.24, 2.45) is 0 Å². The van der Waals surface area contributed by atoms with Crippen LogP contribution in [0.2, 0.25) is 0 Å². The zero-order chi connectivity index (χ0) is 18.4. The Balaban J connectivity index is 2.05. The van der Waals surface area contributed by atoms with E-state index < -0.39 is 16.1 Å². The third-order valence-corrected chi connectivity index (χ3v) is 4.06. The van der Waals surface area contributed by atoms with Gasteiger partial charge >= 0.3 is 0 Å². The molecule has 0 aliphatic rings. The Hall–Kier alpha value is -2.45. The summed E-state index contributed by atoms with van der Waals surface area (Å²) < 4.78 is 35.4. The molecule has 1 unspecified atom stereocenters. The molecule has 0 bridgehead atoms. The van der Waals surface area contributed by atoms with Crippen molar-refractivity contribution in [3.8, 4) is 11.5 Å². The van der Waals surface area contributed by atoms with Gasteiger partial charge in [0.2, 0.25) is 10.0 Å². The van der Waals surface area contributed by atoms with E-state index in [0.717, 1.165) is 6.26 Å². The van der Waals surface area contributed by atoms with E-state index in [1.54, 1.807) is 49.6 Å². The maximum atomic E-state index is 11.3. The number of methoxy groups -OCH3 is 2. The van der Waals surface area contributed by atoms with Crippen LogP contribution in [-0.4, -0.2) is 40.5 Å². The van der Waals surface area contributed by atoms with Crippen LogP contribution in [0.3, 0.4) is 0 Å². The predicted molar refractivity (Wildman–Crippen MR) is 97.9 cm³/mol. The molecule has 0 saturated heterocycles. The quantitative estimate of drug-likeness (QED) is 0.663. The van der Waals surface area contributed by atoms with Crippen LogP contribution in [0.4, 0.5) is 11.4 Å². The molecule has 136 valence electrons. The van der Waals surface area contributed by atoms with Crippen molar-refractivity contribution in [1.29, 1.82) is 0 Å². The first kappa shape index (κ1) is 18.9. The van der Waals surface area contributed by atoms with Gasteiger partial charge in [-0.25, -0.2) is 8.42 Å². The smallest absolute Gasteiger partial charge is 0.229 e. The molecule has 0 saturated carbocycles. The maximum Gasteiger partial charge on any atom is 0.229 e. The molecule has 0 aliphatic heterocycles. The molecule has 0 heterocycles. The number of ether oxygens (including phenoxy) is 2. The molecular weight excluding hydrogens is 344 g/mol. The second-order valence-corrected chi connectivity index (χ2v) is 7.21. The summed E-state index contributed by atoms with van der Waals surface area (Å²) in [5.41, 5.74) is 1.82. The molecule has 0 spiro atoms. The van der Waals surface area contributed by atoms with E-state index in [1.807, 2.05) is 0 Å². The van der Waals surface area contributed by atoms with Gasteiger partial charge in [0.15, 0.2) is 11.5 Å². The number of aliphatic hydroxyl groups excluding tert-OH is 1. The van der Waals surface area contributed by atoms with E-state index in [0.29, 0.717) is 28.4 Å². The summed E-state index contributed by atoms with van der Waals surface area (Å²) in [6.45, 7) is 0.248. The number of nitrogens with one attached hydrogen (secondary N) is 2. The highest BCUT2D eigenvalue weighted by atomic mass is 32.2. The van der Waals surface area contributed by atoms with Crippen LogP contribution in [0.1, 0.15) is 11.7 Å². The van der Waals surface area contributed by atoms with Crippen LogP contribution >= 0.6 is 0 Å². The van der Waals surface area contributed by atoms with Crippen LogP contribution in [0.25, 0.3) is 0 Å². The average Bonchev–Trinajstić information content (AvgIpc) is 2.57. The number of rotatable bonds is 8. The molecule has 0 amide bonds. The maximum absolute atomic E-state index is 11.3. The number of sulfonamides is 1. The lowest BCUT2D eigenvalue weighted by molar-refractivity contribution is 0.191. The van der Waals surface area contributed by atoms with E-state index in [1.165, 1.54) is 7.11 Å². The van der Waals surface area contributed by atoms with E-state index in [4.69, 9.17) is 9.47 Å². The van der Waals surface area contributed by atoms with Crippen molar-refractivity contribution in [2.45, 2.75) is 6.10 Å². The largest absolute Gasteiger partial charge is 0.493 e. The molecule has 0 aromatic heterocycles. The van der Waals surface area contributed by atoms with Crippen molar-refractivity contribution < 1.29 is 23.0 Å². The monoisotopic (exact) mass is 366 g/mol. The van der Waals surface area contributed by atoms with E-state index in [2.05, 4.69) is 10.0 Å². The fourth-order valence-corrected chi connectivity index (χ4v) is 2.85. The van der Waals surface area contributed by atoms with Crippen LogP contribution in [-0.2, 0) is 10.0 Å². The molecule has 1 atom stereocenters. The fourth-order valence-electron chi connectivity index (χ4n) is 2.30. The molecule has 0 fully saturated rings. The Labute approximate surface area is 147 Å². The molecule has 2 aromatic rings. The van der Waals surface area contributed by atoms with Crippen LogP contribution in [0, 0.1) is 0 Å². The minimum Gasteiger partial charge on any atom is -0.493 e. The lowest BCUT2D eigenvalue weighted by atomic mass is 10.1. The van der Waals surface area contributed by atoms with Crippen LogP contribution < -0.4 is 19.5 Å². The van der Waals surface area contributed by atoms with Gasteiger partial charge in [-0.1, -0.05) is 12.1 Å². The van der Waals surface area contributed by atoms with Crippen molar-refractivity contribution in [1.82, 2.24) is 0 Å². The molecule has 8 heteroatoms. The summed E-state index contributed by atoms with van der Waals surface area (Å²) in [6, 6.07) is 12.0. The van der Waals surface area contributed by atoms with Gasteiger partial charge in [-0.2, -0.15) is 0 Å². The van der Waals surface area contributed by atoms with Crippen molar-refractivity contribution >= 4 is 21.4 Å². The molecular formula is C17H22N2O5S. The topological polar surface area (TPSA) is 96.9 Å². The summed E-state index contributed by atoms with van der Waals surface area (Å²) in [7, 11) is -0.253. The highest BCUT2D eigenvalue weighted by Crippen LogP contribution is 2.30. The van der Waals surface area contributed by atoms with Gasteiger partial charge in [-0.15, -0.1) is 0 Å². The second kappa shape index (κ2) is 8.09. The Kier molecular flexibility index (Phi) is 6.11. The van der Waals surface area contributed by atoms with Gasteiger partial charge in [-0.05, 0) is 35.9 Å². The third-order valence-electron chi connectivity index (χ3n) is 3.46. The van der Waals surface area contributed by atoms with Crippen molar-refractivity contribution in [3.63, 3.8) is 0 Å². The van der Waals surface area contributed by atoms with Crippen molar-refractivity contribution in [2.75, 3.05) is 37.1 Å². The van der Waals surface area contributed by atoms with Crippen LogP contribution in [0.15, 0.2) is 42.5 Å². The Bertz CT molecular complexity index is 824. The third kappa shape index (κ3) is 5.54. The SMILES string of the molecule is COc1ccc(C(O)CNc2cccc(NS(C)(=O)=O)c2)cc1OC. The van der Waals surface area contributed by atoms with Crippen LogP contribution in [0.5, 0.6) is 11.5 Å². The standard InChI is InChI=1S/C17H22N2O5S/c1-23-16-8-7-12(9-17(16)24-2)15(20)11-18-13-5-4-6-14(10-13)19-25(3,21)22/h4-10,15,18-20H,11H2,1-3H3. The minimum absolute atomic E-state index is 0.248. The van der Waals surface area contributed by atoms with Gasteiger partial charge < -0.3 is 19.9 Å². The minimum atomic E-state index is -3.34. The zero-order valence-electron chi connectivity index (χ0n) is 14.3. The highest BCUT2D eigenvalue weighted by molar-refractivity contribution is 7.92. The summed E-state index contributed by atoms with van der Waals surface area (Å²) in [6.07, 6.45) is 0.319. The van der Waals surface area contributed by atoms with Gasteiger partial charge in [-0.3, -0.25) is 4.72 Å². The van der Waals surface area contributed by atoms with E-state index in [9.17, 15) is 13.5 Å². The second-order valence-electron chi connectivity index (χ2n) is 5.47. The summed E-state index contributed by atoms with van der Waals surface area (Å²) >= 11 is 0. The lowest BCUT2D eigenvalue weighted by Gasteiger charge is -2.16. The molecule has 0 radical (unpaired) electrons. The van der Waals surface area contributed by atoms with Gasteiger partial charge in [0, 0.05) is 12.2 Å². The molecule has 7 nitrogen and oxygen atoms in total. The highest BCUT2D eigenvalue weighted by Gasteiger charge is 2.12. The summed E-state index contributed by atoms with van der Waals surface area (Å²) in [5, 5.41) is 13.4. The fraction of sp³-hybridized carbons (Fsp3) is 0.294. The summed E-state index contributed by atoms with van der Waals surface area (Å²) in [5.74, 6) is 1.13. The number of anilines is 2. The molecule has 0 aliphatic carbocycles. The zero-order valence-corrected chi connectivity index (χ0v) is 15.1. The molecule has 25 heavy (non-hydrogen) atoms. The van der Waals surface area contributed by atoms with Gasteiger partial charge in [0.25, 0.3) is 0 Å². The first-order valence-electron chi connectivity index (χ1n) is 7.54. The lowest BCUT2D eigenvalue weighted by Crippen LogP contribution is -2.13. The predicted octanol–water partition coefficient (Wildman–Crippen LogP) is 2.22. The first-order chi connectivity index (χ1) is 11.8. The molecule has 2 aromatic carbocycles. The first-order valence-corrected chi connectivity index (χ1v) is 9.43. The van der Waals surface area contributed by atoms with Gasteiger partial charge in [0.05, 0.1) is 32.3 Å².